The average molecular weight is 322 g/mol. The third-order valence-electron chi connectivity index (χ3n) is 4.46. The number of ether oxygens (including phenoxy) is 2. The van der Waals surface area contributed by atoms with Crippen molar-refractivity contribution in [3.05, 3.63) is 34.6 Å². The number of carbonyl (C=O) groups excluding carboxylic acids is 1. The molecule has 0 spiro atoms. The number of methoxy groups -OCH3 is 1. The van der Waals surface area contributed by atoms with Crippen molar-refractivity contribution in [2.24, 2.45) is 0 Å². The molecular weight excluding hydrogens is 300 g/mol. The molecular formula is C17H22O6. The summed E-state index contributed by atoms with van der Waals surface area (Å²) in [5, 5.41) is 30.5. The maximum atomic E-state index is 12.2. The number of phenols is 1. The molecule has 0 aliphatic heterocycles. The van der Waals surface area contributed by atoms with Crippen molar-refractivity contribution in [3.63, 3.8) is 0 Å². The molecule has 3 N–H and O–H groups in total. The van der Waals surface area contributed by atoms with Crippen molar-refractivity contribution < 1.29 is 29.6 Å². The summed E-state index contributed by atoms with van der Waals surface area (Å²) in [5.41, 5.74) is -0.126. The lowest BCUT2D eigenvalue weighted by Crippen LogP contribution is -2.59. The zero-order valence-corrected chi connectivity index (χ0v) is 13.9. The highest BCUT2D eigenvalue weighted by Gasteiger charge is 2.52. The first-order valence-corrected chi connectivity index (χ1v) is 7.27. The monoisotopic (exact) mass is 322 g/mol. The predicted octanol–water partition coefficient (Wildman–Crippen LogP) is 1.37. The largest absolute Gasteiger partial charge is 0.508 e. The van der Waals surface area contributed by atoms with Gasteiger partial charge in [-0.1, -0.05) is 0 Å². The second kappa shape index (κ2) is 5.96. The van der Waals surface area contributed by atoms with Crippen LogP contribution in [0.25, 0.3) is 0 Å². The number of hydrogen-bond donors (Lipinski definition) is 3. The number of benzene rings is 1. The van der Waals surface area contributed by atoms with Crippen molar-refractivity contribution >= 4 is 5.78 Å². The Bertz CT molecular complexity index is 678. The third-order valence-corrected chi connectivity index (χ3v) is 4.46. The van der Waals surface area contributed by atoms with Gasteiger partial charge in [0.2, 0.25) is 0 Å². The smallest absolute Gasteiger partial charge is 0.193 e. The number of rotatable bonds is 3. The predicted molar refractivity (Wildman–Crippen MR) is 83.3 cm³/mol. The Morgan fingerprint density at radius 3 is 2.30 bits per heavy atom. The van der Waals surface area contributed by atoms with Gasteiger partial charge in [0.1, 0.15) is 35.1 Å². The Morgan fingerprint density at radius 1 is 1.13 bits per heavy atom. The maximum absolute atomic E-state index is 12.2. The minimum absolute atomic E-state index is 0.0118. The Labute approximate surface area is 135 Å². The molecule has 6 heteroatoms. The average Bonchev–Trinajstić information content (AvgIpc) is 2.52. The minimum atomic E-state index is -1.51. The summed E-state index contributed by atoms with van der Waals surface area (Å²) in [7, 11) is 1.31. The molecule has 2 rings (SSSR count). The van der Waals surface area contributed by atoms with E-state index in [-0.39, 0.29) is 17.1 Å². The molecule has 23 heavy (non-hydrogen) atoms. The quantitative estimate of drug-likeness (QED) is 0.778. The van der Waals surface area contributed by atoms with Crippen LogP contribution in [-0.4, -0.2) is 46.0 Å². The van der Waals surface area contributed by atoms with Crippen molar-refractivity contribution in [2.75, 3.05) is 7.11 Å². The van der Waals surface area contributed by atoms with Gasteiger partial charge in [-0.15, -0.1) is 0 Å². The van der Waals surface area contributed by atoms with Crippen molar-refractivity contribution in [3.8, 4) is 11.5 Å². The molecule has 1 aliphatic carbocycles. The van der Waals surface area contributed by atoms with Crippen LogP contribution in [0.15, 0.2) is 23.5 Å². The van der Waals surface area contributed by atoms with Crippen molar-refractivity contribution in [2.45, 2.75) is 45.5 Å². The summed E-state index contributed by atoms with van der Waals surface area (Å²) in [6, 6.07) is 3.29. The van der Waals surface area contributed by atoms with Gasteiger partial charge in [0.25, 0.3) is 0 Å². The van der Waals surface area contributed by atoms with Crippen molar-refractivity contribution in [1.29, 1.82) is 0 Å². The van der Waals surface area contributed by atoms with Crippen LogP contribution >= 0.6 is 0 Å². The minimum Gasteiger partial charge on any atom is -0.508 e. The van der Waals surface area contributed by atoms with E-state index in [1.165, 1.54) is 21.0 Å². The number of aryl methyl sites for hydroxylation is 1. The first kappa shape index (κ1) is 17.5. The summed E-state index contributed by atoms with van der Waals surface area (Å²) in [5.74, 6) is -0.162. The molecule has 0 saturated carbocycles. The Morgan fingerprint density at radius 2 is 1.74 bits per heavy atom. The van der Waals surface area contributed by atoms with Crippen LogP contribution in [0.5, 0.6) is 11.5 Å². The van der Waals surface area contributed by atoms with Crippen LogP contribution in [0.3, 0.4) is 0 Å². The fourth-order valence-corrected chi connectivity index (χ4v) is 2.59. The van der Waals surface area contributed by atoms with Crippen LogP contribution in [0, 0.1) is 13.8 Å². The fourth-order valence-electron chi connectivity index (χ4n) is 2.59. The molecule has 0 unspecified atom stereocenters. The molecule has 0 heterocycles. The molecule has 0 aromatic heterocycles. The van der Waals surface area contributed by atoms with Gasteiger partial charge < -0.3 is 24.8 Å². The Kier molecular flexibility index (Phi) is 4.52. The SMILES string of the molecule is CO[C@@]1(C)[C@H](O)C(Oc2cc(C)cc(O)c2C)=C(C)C(=O)[C@@H]1O. The molecule has 0 radical (unpaired) electrons. The number of phenolic OH excluding ortho intramolecular Hbond substituents is 1. The zero-order valence-electron chi connectivity index (χ0n) is 13.9. The number of aromatic hydroxyl groups is 1. The molecule has 6 nitrogen and oxygen atoms in total. The maximum Gasteiger partial charge on any atom is 0.193 e. The van der Waals surface area contributed by atoms with Gasteiger partial charge in [-0.25, -0.2) is 0 Å². The number of ketones is 1. The van der Waals surface area contributed by atoms with E-state index >= 15 is 0 Å². The first-order valence-electron chi connectivity index (χ1n) is 7.27. The molecule has 0 amide bonds. The van der Waals surface area contributed by atoms with Gasteiger partial charge in [-0.05, 0) is 45.4 Å². The summed E-state index contributed by atoms with van der Waals surface area (Å²) >= 11 is 0. The summed E-state index contributed by atoms with van der Waals surface area (Å²) in [6.07, 6.45) is -2.82. The van der Waals surface area contributed by atoms with E-state index in [2.05, 4.69) is 0 Å². The van der Waals surface area contributed by atoms with Crippen LogP contribution < -0.4 is 4.74 Å². The standard InChI is InChI=1S/C17H22O6/c1-8-6-11(18)9(2)12(7-8)23-14-10(3)13(19)15(20)17(4,22-5)16(14)21/h6-7,15-16,18,20-21H,1-5H3/t15-,16+,17+/m0/s1. The third kappa shape index (κ3) is 2.73. The Hall–Kier alpha value is -1.89. The van der Waals surface area contributed by atoms with E-state index in [9.17, 15) is 20.1 Å². The molecule has 0 fully saturated rings. The highest BCUT2D eigenvalue weighted by atomic mass is 16.5. The molecule has 1 aliphatic rings. The number of carbonyl (C=O) groups is 1. The van der Waals surface area contributed by atoms with Gasteiger partial charge >= 0.3 is 0 Å². The molecule has 0 saturated heterocycles. The molecule has 1 aromatic rings. The lowest BCUT2D eigenvalue weighted by atomic mass is 9.80. The van der Waals surface area contributed by atoms with E-state index in [1.807, 2.05) is 0 Å². The molecule has 0 bridgehead atoms. The number of aliphatic hydroxyl groups is 2. The molecule has 3 atom stereocenters. The van der Waals surface area contributed by atoms with Crippen LogP contribution in [0.1, 0.15) is 25.0 Å². The normalized spacial score (nSPS) is 28.2. The second-order valence-corrected chi connectivity index (χ2v) is 6.06. The topological polar surface area (TPSA) is 96.2 Å². The summed E-state index contributed by atoms with van der Waals surface area (Å²) < 4.78 is 10.9. The first-order chi connectivity index (χ1) is 10.6. The lowest BCUT2D eigenvalue weighted by Gasteiger charge is -2.41. The summed E-state index contributed by atoms with van der Waals surface area (Å²) in [4.78, 5) is 12.2. The van der Waals surface area contributed by atoms with E-state index < -0.39 is 23.6 Å². The molecule has 1 aromatic carbocycles. The van der Waals surface area contributed by atoms with Crippen molar-refractivity contribution in [1.82, 2.24) is 0 Å². The zero-order chi connectivity index (χ0) is 17.5. The van der Waals surface area contributed by atoms with Crippen LogP contribution in [0.4, 0.5) is 0 Å². The number of Topliss-reactive ketones (excluding diaryl/α,β-unsaturated/α-hetero) is 1. The highest BCUT2D eigenvalue weighted by molar-refractivity contribution is 6.01. The Balaban J connectivity index is 2.52. The number of aliphatic hydroxyl groups excluding tert-OH is 2. The van der Waals surface area contributed by atoms with Crippen LogP contribution in [-0.2, 0) is 9.53 Å². The highest BCUT2D eigenvalue weighted by Crippen LogP contribution is 2.37. The summed E-state index contributed by atoms with van der Waals surface area (Å²) in [6.45, 7) is 6.38. The van der Waals surface area contributed by atoms with E-state index in [0.29, 0.717) is 11.3 Å². The van der Waals surface area contributed by atoms with Gasteiger partial charge in [0.05, 0.1) is 0 Å². The van der Waals surface area contributed by atoms with E-state index in [4.69, 9.17) is 9.47 Å². The van der Waals surface area contributed by atoms with Gasteiger partial charge in [-0.2, -0.15) is 0 Å². The lowest BCUT2D eigenvalue weighted by molar-refractivity contribution is -0.170. The fraction of sp³-hybridized carbons (Fsp3) is 0.471. The van der Waals surface area contributed by atoms with E-state index in [1.54, 1.807) is 26.0 Å². The van der Waals surface area contributed by atoms with Crippen LogP contribution in [0.2, 0.25) is 0 Å². The molecule has 126 valence electrons. The van der Waals surface area contributed by atoms with Gasteiger partial charge in [-0.3, -0.25) is 4.79 Å². The van der Waals surface area contributed by atoms with E-state index in [0.717, 1.165) is 5.56 Å². The van der Waals surface area contributed by atoms with Gasteiger partial charge in [0.15, 0.2) is 5.78 Å². The van der Waals surface area contributed by atoms with Gasteiger partial charge in [0, 0.05) is 18.2 Å². The second-order valence-electron chi connectivity index (χ2n) is 6.06. The number of hydrogen-bond acceptors (Lipinski definition) is 6.